The van der Waals surface area contributed by atoms with Crippen LogP contribution in [0.3, 0.4) is 0 Å². The number of hydrogen-bond acceptors (Lipinski definition) is 3. The molecule has 0 aromatic carbocycles. The molecule has 0 spiro atoms. The molecule has 1 aliphatic carbocycles. The fourth-order valence-electron chi connectivity index (χ4n) is 2.13. The summed E-state index contributed by atoms with van der Waals surface area (Å²) in [6, 6.07) is 0. The smallest absolute Gasteiger partial charge is 0.0771 e. The molecule has 1 atom stereocenters. The predicted molar refractivity (Wildman–Crippen MR) is 68.5 cm³/mol. The van der Waals surface area contributed by atoms with Crippen molar-refractivity contribution in [1.82, 2.24) is 5.32 Å². The maximum absolute atomic E-state index is 10.2. The lowest BCUT2D eigenvalue weighted by atomic mass is 9.85. The molecule has 0 aromatic heterocycles. The second-order valence-electron chi connectivity index (χ2n) is 4.80. The van der Waals surface area contributed by atoms with Gasteiger partial charge in [0, 0.05) is 11.8 Å². The first-order valence-corrected chi connectivity index (χ1v) is 7.41. The number of rotatable bonds is 6. The van der Waals surface area contributed by atoms with E-state index in [0.29, 0.717) is 0 Å². The number of thioether (sulfide) groups is 1. The molecule has 2 nitrogen and oxygen atoms in total. The van der Waals surface area contributed by atoms with E-state index in [4.69, 9.17) is 0 Å². The standard InChI is InChI=1S/C12H25NOS/c1-11(15-2)6-9-13-10-12(14)7-4-3-5-8-12/h11,13-14H,3-10H2,1-2H3. The van der Waals surface area contributed by atoms with Crippen molar-refractivity contribution in [2.24, 2.45) is 0 Å². The van der Waals surface area contributed by atoms with Crippen LogP contribution in [-0.2, 0) is 0 Å². The average molecular weight is 231 g/mol. The normalized spacial score (nSPS) is 22.6. The van der Waals surface area contributed by atoms with Crippen LogP contribution in [0.25, 0.3) is 0 Å². The van der Waals surface area contributed by atoms with Crippen LogP contribution in [0.5, 0.6) is 0 Å². The van der Waals surface area contributed by atoms with E-state index < -0.39 is 5.60 Å². The highest BCUT2D eigenvalue weighted by Crippen LogP contribution is 2.27. The number of nitrogens with one attached hydrogen (secondary N) is 1. The summed E-state index contributed by atoms with van der Waals surface area (Å²) >= 11 is 1.91. The highest BCUT2D eigenvalue weighted by molar-refractivity contribution is 7.99. The molecule has 0 amide bonds. The molecule has 0 radical (unpaired) electrons. The zero-order chi connectivity index (χ0) is 11.1. The van der Waals surface area contributed by atoms with Crippen LogP contribution in [0.1, 0.15) is 45.4 Å². The van der Waals surface area contributed by atoms with Crippen LogP contribution in [-0.4, -0.2) is 35.3 Å². The zero-order valence-corrected chi connectivity index (χ0v) is 10.9. The third-order valence-corrected chi connectivity index (χ3v) is 4.41. The molecular formula is C12H25NOS. The molecule has 1 saturated carbocycles. The Kier molecular flexibility index (Phi) is 6.02. The van der Waals surface area contributed by atoms with Gasteiger partial charge in [0.2, 0.25) is 0 Å². The average Bonchev–Trinajstić information content (AvgIpc) is 2.25. The largest absolute Gasteiger partial charge is 0.389 e. The van der Waals surface area contributed by atoms with Crippen molar-refractivity contribution in [1.29, 1.82) is 0 Å². The summed E-state index contributed by atoms with van der Waals surface area (Å²) in [4.78, 5) is 0. The molecule has 0 aliphatic heterocycles. The highest BCUT2D eigenvalue weighted by Gasteiger charge is 2.28. The summed E-state index contributed by atoms with van der Waals surface area (Å²) in [6.07, 6.45) is 9.00. The molecule has 15 heavy (non-hydrogen) atoms. The fraction of sp³-hybridized carbons (Fsp3) is 1.00. The highest BCUT2D eigenvalue weighted by atomic mass is 32.2. The maximum Gasteiger partial charge on any atom is 0.0771 e. The van der Waals surface area contributed by atoms with E-state index in [2.05, 4.69) is 18.5 Å². The zero-order valence-electron chi connectivity index (χ0n) is 10.1. The van der Waals surface area contributed by atoms with Crippen molar-refractivity contribution in [3.8, 4) is 0 Å². The van der Waals surface area contributed by atoms with Crippen molar-refractivity contribution in [2.45, 2.75) is 56.3 Å². The van der Waals surface area contributed by atoms with Gasteiger partial charge >= 0.3 is 0 Å². The van der Waals surface area contributed by atoms with E-state index in [1.165, 1.54) is 25.7 Å². The molecule has 1 fully saturated rings. The second kappa shape index (κ2) is 6.77. The second-order valence-corrected chi connectivity index (χ2v) is 6.07. The lowest BCUT2D eigenvalue weighted by Crippen LogP contribution is -2.42. The molecule has 2 N–H and O–H groups in total. The molecule has 1 aliphatic rings. The van der Waals surface area contributed by atoms with Crippen molar-refractivity contribution in [3.05, 3.63) is 0 Å². The Balaban J connectivity index is 2.08. The molecule has 0 aromatic rings. The molecule has 3 heteroatoms. The van der Waals surface area contributed by atoms with E-state index in [-0.39, 0.29) is 0 Å². The molecule has 0 saturated heterocycles. The summed E-state index contributed by atoms with van der Waals surface area (Å²) in [7, 11) is 0. The Morgan fingerprint density at radius 1 is 1.33 bits per heavy atom. The summed E-state index contributed by atoms with van der Waals surface area (Å²) in [5, 5.41) is 14.3. The van der Waals surface area contributed by atoms with Crippen LogP contribution in [0.15, 0.2) is 0 Å². The van der Waals surface area contributed by atoms with Gasteiger partial charge in [0.05, 0.1) is 5.60 Å². The van der Waals surface area contributed by atoms with Gasteiger partial charge < -0.3 is 10.4 Å². The van der Waals surface area contributed by atoms with Gasteiger partial charge in [0.25, 0.3) is 0 Å². The molecule has 0 heterocycles. The minimum Gasteiger partial charge on any atom is -0.389 e. The third kappa shape index (κ3) is 5.23. The van der Waals surface area contributed by atoms with Crippen LogP contribution in [0.2, 0.25) is 0 Å². The van der Waals surface area contributed by atoms with E-state index in [0.717, 1.165) is 31.2 Å². The quantitative estimate of drug-likeness (QED) is 0.689. The maximum atomic E-state index is 10.2. The van der Waals surface area contributed by atoms with E-state index >= 15 is 0 Å². The van der Waals surface area contributed by atoms with Crippen LogP contribution < -0.4 is 5.32 Å². The minimum atomic E-state index is -0.402. The first kappa shape index (κ1) is 13.3. The van der Waals surface area contributed by atoms with Gasteiger partial charge in [-0.2, -0.15) is 11.8 Å². The predicted octanol–water partition coefficient (Wildman–Crippen LogP) is 2.41. The monoisotopic (exact) mass is 231 g/mol. The lowest BCUT2D eigenvalue weighted by molar-refractivity contribution is 0.00507. The number of hydrogen-bond donors (Lipinski definition) is 2. The SMILES string of the molecule is CSC(C)CCNCC1(O)CCCCC1. The van der Waals surface area contributed by atoms with Gasteiger partial charge in [-0.15, -0.1) is 0 Å². The Hall–Kier alpha value is 0.270. The summed E-state index contributed by atoms with van der Waals surface area (Å²) in [5.74, 6) is 0. The summed E-state index contributed by atoms with van der Waals surface area (Å²) in [6.45, 7) is 4.07. The summed E-state index contributed by atoms with van der Waals surface area (Å²) in [5.41, 5.74) is -0.402. The van der Waals surface area contributed by atoms with Crippen molar-refractivity contribution < 1.29 is 5.11 Å². The third-order valence-electron chi connectivity index (χ3n) is 3.37. The van der Waals surface area contributed by atoms with Gasteiger partial charge in [-0.3, -0.25) is 0 Å². The Labute approximate surface area is 98.2 Å². The molecule has 1 rings (SSSR count). The lowest BCUT2D eigenvalue weighted by Gasteiger charge is -2.32. The molecular weight excluding hydrogens is 206 g/mol. The van der Waals surface area contributed by atoms with Crippen LogP contribution in [0.4, 0.5) is 0 Å². The van der Waals surface area contributed by atoms with Gasteiger partial charge in [-0.25, -0.2) is 0 Å². The van der Waals surface area contributed by atoms with Crippen molar-refractivity contribution >= 4 is 11.8 Å². The fourth-order valence-corrected chi connectivity index (χ4v) is 2.48. The Bertz CT molecular complexity index is 169. The minimum absolute atomic E-state index is 0.402. The van der Waals surface area contributed by atoms with Crippen LogP contribution in [0, 0.1) is 0 Å². The van der Waals surface area contributed by atoms with E-state index in [9.17, 15) is 5.11 Å². The van der Waals surface area contributed by atoms with Crippen LogP contribution >= 0.6 is 11.8 Å². The van der Waals surface area contributed by atoms with Gasteiger partial charge in [-0.05, 0) is 32.1 Å². The summed E-state index contributed by atoms with van der Waals surface area (Å²) < 4.78 is 0. The van der Waals surface area contributed by atoms with Gasteiger partial charge in [0.15, 0.2) is 0 Å². The number of aliphatic hydroxyl groups is 1. The first-order valence-electron chi connectivity index (χ1n) is 6.12. The molecule has 90 valence electrons. The Morgan fingerprint density at radius 2 is 2.00 bits per heavy atom. The molecule has 1 unspecified atom stereocenters. The first-order chi connectivity index (χ1) is 7.16. The van der Waals surface area contributed by atoms with E-state index in [1.54, 1.807) is 0 Å². The Morgan fingerprint density at radius 3 is 2.60 bits per heavy atom. The van der Waals surface area contributed by atoms with Gasteiger partial charge in [0.1, 0.15) is 0 Å². The van der Waals surface area contributed by atoms with Crippen molar-refractivity contribution in [3.63, 3.8) is 0 Å². The van der Waals surface area contributed by atoms with Crippen molar-refractivity contribution in [2.75, 3.05) is 19.3 Å². The van der Waals surface area contributed by atoms with Gasteiger partial charge in [-0.1, -0.05) is 26.2 Å². The molecule has 0 bridgehead atoms. The topological polar surface area (TPSA) is 32.3 Å². The van der Waals surface area contributed by atoms with E-state index in [1.807, 2.05) is 11.8 Å².